The van der Waals surface area contributed by atoms with Gasteiger partial charge in [-0.25, -0.2) is 4.98 Å². The molecule has 0 atom stereocenters. The molecule has 0 aliphatic heterocycles. The van der Waals surface area contributed by atoms with Crippen molar-refractivity contribution in [3.05, 3.63) is 63.3 Å². The highest BCUT2D eigenvalue weighted by Gasteiger charge is 2.11. The van der Waals surface area contributed by atoms with E-state index in [1.54, 1.807) is 24.4 Å². The topological polar surface area (TPSA) is 80.4 Å². The summed E-state index contributed by atoms with van der Waals surface area (Å²) in [5, 5.41) is 15.1. The number of hydrazone groups is 1. The van der Waals surface area contributed by atoms with E-state index < -0.39 is 4.92 Å². The second-order valence-electron chi connectivity index (χ2n) is 3.55. The molecule has 6 nitrogen and oxygen atoms in total. The largest absolute Gasteiger partial charge is 0.278 e. The van der Waals surface area contributed by atoms with E-state index in [2.05, 4.69) is 15.5 Å². The van der Waals surface area contributed by atoms with E-state index in [0.29, 0.717) is 16.4 Å². The molecule has 0 radical (unpaired) electrons. The van der Waals surface area contributed by atoms with Gasteiger partial charge in [-0.2, -0.15) is 5.10 Å². The fourth-order valence-corrected chi connectivity index (χ4v) is 1.57. The van der Waals surface area contributed by atoms with Crippen LogP contribution in [0.3, 0.4) is 0 Å². The Morgan fingerprint density at radius 1 is 1.37 bits per heavy atom. The maximum Gasteiger partial charge on any atom is 0.278 e. The quantitative estimate of drug-likeness (QED) is 0.528. The van der Waals surface area contributed by atoms with Crippen molar-refractivity contribution in [3.8, 4) is 0 Å². The molecule has 1 aromatic carbocycles. The summed E-state index contributed by atoms with van der Waals surface area (Å²) in [6, 6.07) is 9.57. The number of halogens is 1. The van der Waals surface area contributed by atoms with Crippen LogP contribution in [-0.2, 0) is 0 Å². The van der Waals surface area contributed by atoms with Gasteiger partial charge in [0.1, 0.15) is 5.82 Å². The molecule has 0 aliphatic carbocycles. The average Bonchev–Trinajstić information content (AvgIpc) is 2.39. The zero-order valence-electron chi connectivity index (χ0n) is 9.65. The van der Waals surface area contributed by atoms with Gasteiger partial charge < -0.3 is 0 Å². The van der Waals surface area contributed by atoms with Crippen LogP contribution in [0.15, 0.2) is 47.7 Å². The number of aromatic nitrogens is 1. The lowest BCUT2D eigenvalue weighted by atomic mass is 10.2. The van der Waals surface area contributed by atoms with Crippen molar-refractivity contribution in [1.82, 2.24) is 4.98 Å². The molecule has 0 spiro atoms. The first-order valence-electron chi connectivity index (χ1n) is 5.31. The van der Waals surface area contributed by atoms with Crippen molar-refractivity contribution in [2.75, 3.05) is 5.43 Å². The Morgan fingerprint density at radius 3 is 2.89 bits per heavy atom. The van der Waals surface area contributed by atoms with Gasteiger partial charge in [-0.1, -0.05) is 17.7 Å². The third kappa shape index (κ3) is 3.49. The van der Waals surface area contributed by atoms with E-state index in [1.807, 2.05) is 0 Å². The molecule has 1 aromatic heterocycles. The maximum absolute atomic E-state index is 10.8. The molecule has 19 heavy (non-hydrogen) atoms. The molecule has 0 unspecified atom stereocenters. The van der Waals surface area contributed by atoms with Crippen molar-refractivity contribution in [1.29, 1.82) is 0 Å². The van der Waals surface area contributed by atoms with Crippen LogP contribution in [0, 0.1) is 10.1 Å². The van der Waals surface area contributed by atoms with Gasteiger partial charge in [0.25, 0.3) is 5.69 Å². The highest BCUT2D eigenvalue weighted by atomic mass is 35.5. The van der Waals surface area contributed by atoms with Gasteiger partial charge in [0.15, 0.2) is 0 Å². The van der Waals surface area contributed by atoms with Gasteiger partial charge in [0.05, 0.1) is 16.7 Å². The minimum Gasteiger partial charge on any atom is -0.261 e. The third-order valence-electron chi connectivity index (χ3n) is 2.23. The number of hydrogen-bond acceptors (Lipinski definition) is 5. The Balaban J connectivity index is 2.18. The highest BCUT2D eigenvalue weighted by Crippen LogP contribution is 2.21. The van der Waals surface area contributed by atoms with Crippen molar-refractivity contribution in [2.24, 2.45) is 5.10 Å². The summed E-state index contributed by atoms with van der Waals surface area (Å²) in [5.41, 5.74) is 2.93. The van der Waals surface area contributed by atoms with Crippen molar-refractivity contribution in [3.63, 3.8) is 0 Å². The van der Waals surface area contributed by atoms with E-state index in [0.717, 1.165) is 0 Å². The van der Waals surface area contributed by atoms with Crippen LogP contribution in [0.1, 0.15) is 5.56 Å². The van der Waals surface area contributed by atoms with Crippen LogP contribution in [0.5, 0.6) is 0 Å². The predicted molar refractivity (Wildman–Crippen MR) is 73.6 cm³/mol. The first-order valence-corrected chi connectivity index (χ1v) is 5.68. The number of nitrogens with one attached hydrogen (secondary N) is 1. The molecule has 7 heteroatoms. The lowest BCUT2D eigenvalue weighted by molar-refractivity contribution is -0.385. The average molecular weight is 277 g/mol. The predicted octanol–water partition coefficient (Wildman–Crippen LogP) is 3.09. The smallest absolute Gasteiger partial charge is 0.261 e. The number of nitro groups is 1. The summed E-state index contributed by atoms with van der Waals surface area (Å²) >= 11 is 5.80. The van der Waals surface area contributed by atoms with E-state index in [-0.39, 0.29) is 5.69 Å². The number of pyridine rings is 1. The van der Waals surface area contributed by atoms with Crippen molar-refractivity contribution in [2.45, 2.75) is 0 Å². The van der Waals surface area contributed by atoms with Crippen molar-refractivity contribution < 1.29 is 4.92 Å². The molecule has 0 fully saturated rings. The summed E-state index contributed by atoms with van der Waals surface area (Å²) in [4.78, 5) is 14.3. The highest BCUT2D eigenvalue weighted by molar-refractivity contribution is 6.31. The molecular weight excluding hydrogens is 268 g/mol. The molecule has 0 bridgehead atoms. The first-order chi connectivity index (χ1) is 9.16. The Hall–Kier alpha value is -2.47. The molecule has 2 rings (SSSR count). The Morgan fingerprint density at radius 2 is 2.21 bits per heavy atom. The number of rotatable bonds is 4. The fourth-order valence-electron chi connectivity index (χ4n) is 1.39. The van der Waals surface area contributed by atoms with Crippen molar-refractivity contribution >= 4 is 29.3 Å². The standard InChI is InChI=1S/C12H9ClN4O2/c13-10-4-5-11(17(18)19)9(7-10)8-15-16-12-3-1-2-6-14-12/h1-8H,(H,14,16)/b15-8+. The molecule has 0 amide bonds. The second-order valence-corrected chi connectivity index (χ2v) is 3.98. The van der Waals surface area contributed by atoms with Gasteiger partial charge in [-0.3, -0.25) is 15.5 Å². The van der Waals surface area contributed by atoms with Crippen LogP contribution in [0.2, 0.25) is 5.02 Å². The third-order valence-corrected chi connectivity index (χ3v) is 2.47. The number of hydrogen-bond donors (Lipinski definition) is 1. The van der Waals surface area contributed by atoms with E-state index in [9.17, 15) is 10.1 Å². The van der Waals surface area contributed by atoms with Gasteiger partial charge in [-0.15, -0.1) is 0 Å². The molecule has 2 aromatic rings. The van der Waals surface area contributed by atoms with Gasteiger partial charge in [0.2, 0.25) is 0 Å². The zero-order valence-corrected chi connectivity index (χ0v) is 10.4. The molecular formula is C12H9ClN4O2. The fraction of sp³-hybridized carbons (Fsp3) is 0. The lowest BCUT2D eigenvalue weighted by Gasteiger charge is -1.99. The number of nitro benzene ring substituents is 1. The van der Waals surface area contributed by atoms with Crippen LogP contribution in [-0.4, -0.2) is 16.1 Å². The molecule has 1 heterocycles. The van der Waals surface area contributed by atoms with E-state index in [4.69, 9.17) is 11.6 Å². The summed E-state index contributed by atoms with van der Waals surface area (Å²) in [6.45, 7) is 0. The summed E-state index contributed by atoms with van der Waals surface area (Å²) in [5.74, 6) is 0.545. The Bertz CT molecular complexity index is 616. The Kier molecular flexibility index (Phi) is 4.04. The van der Waals surface area contributed by atoms with Gasteiger partial charge >= 0.3 is 0 Å². The summed E-state index contributed by atoms with van der Waals surface area (Å²) in [7, 11) is 0. The Labute approximate surface area is 113 Å². The van der Waals surface area contributed by atoms with Gasteiger partial charge in [-0.05, 0) is 24.3 Å². The molecule has 1 N–H and O–H groups in total. The molecule has 96 valence electrons. The molecule has 0 saturated carbocycles. The minimum absolute atomic E-state index is 0.0593. The summed E-state index contributed by atoms with van der Waals surface area (Å²) in [6.07, 6.45) is 2.94. The lowest BCUT2D eigenvalue weighted by Crippen LogP contribution is -1.97. The summed E-state index contributed by atoms with van der Waals surface area (Å²) < 4.78 is 0. The zero-order chi connectivity index (χ0) is 13.7. The number of anilines is 1. The molecule has 0 saturated heterocycles. The monoisotopic (exact) mass is 276 g/mol. The van der Waals surface area contributed by atoms with Crippen LogP contribution in [0.25, 0.3) is 0 Å². The van der Waals surface area contributed by atoms with E-state index >= 15 is 0 Å². The minimum atomic E-state index is -0.488. The van der Waals surface area contributed by atoms with Crippen LogP contribution < -0.4 is 5.43 Å². The SMILES string of the molecule is O=[N+]([O-])c1ccc(Cl)cc1/C=N/Nc1ccccn1. The van der Waals surface area contributed by atoms with Crippen LogP contribution in [0.4, 0.5) is 11.5 Å². The second kappa shape index (κ2) is 5.92. The van der Waals surface area contributed by atoms with Gasteiger partial charge in [0, 0.05) is 17.3 Å². The first kappa shape index (κ1) is 13.0. The van der Waals surface area contributed by atoms with Crippen LogP contribution >= 0.6 is 11.6 Å². The van der Waals surface area contributed by atoms with E-state index in [1.165, 1.54) is 24.4 Å². The number of benzene rings is 1. The number of nitrogens with zero attached hydrogens (tertiary/aromatic N) is 3. The molecule has 0 aliphatic rings. The maximum atomic E-state index is 10.8. The normalized spacial score (nSPS) is 10.6.